The Morgan fingerprint density at radius 2 is 2.06 bits per heavy atom. The molecule has 0 aliphatic carbocycles. The van der Waals surface area contributed by atoms with Crippen molar-refractivity contribution in [2.24, 2.45) is 0 Å². The number of ether oxygens (including phenoxy) is 1. The second kappa shape index (κ2) is 7.81. The molecule has 0 atom stereocenters. The van der Waals surface area contributed by atoms with E-state index in [1.54, 1.807) is 12.0 Å². The molecule has 0 saturated carbocycles. The number of amides is 1. The molecular formula is C13H20N2O2. The third kappa shape index (κ3) is 5.47. The van der Waals surface area contributed by atoms with Crippen molar-refractivity contribution < 1.29 is 9.53 Å². The molecule has 0 heterocycles. The number of rotatable bonds is 7. The summed E-state index contributed by atoms with van der Waals surface area (Å²) in [6, 6.07) is 9.96. The highest BCUT2D eigenvalue weighted by Gasteiger charge is 2.07. The number of carbonyl (C=O) groups is 1. The van der Waals surface area contributed by atoms with Crippen molar-refractivity contribution in [2.45, 2.75) is 6.54 Å². The number of methoxy groups -OCH3 is 1. The monoisotopic (exact) mass is 236 g/mol. The highest BCUT2D eigenvalue weighted by molar-refractivity contribution is 5.77. The topological polar surface area (TPSA) is 41.6 Å². The molecule has 0 bridgehead atoms. The third-order valence-corrected chi connectivity index (χ3v) is 2.45. The van der Waals surface area contributed by atoms with Crippen molar-refractivity contribution >= 4 is 5.91 Å². The summed E-state index contributed by atoms with van der Waals surface area (Å²) in [5.74, 6) is 0.0879. The van der Waals surface area contributed by atoms with E-state index in [4.69, 9.17) is 4.74 Å². The summed E-state index contributed by atoms with van der Waals surface area (Å²) < 4.78 is 4.89. The fourth-order valence-corrected chi connectivity index (χ4v) is 1.45. The number of likely N-dealkylation sites (N-methyl/N-ethyl adjacent to an activating group) is 1. The first-order chi connectivity index (χ1) is 8.24. The third-order valence-electron chi connectivity index (χ3n) is 2.45. The molecule has 1 aromatic rings. The van der Waals surface area contributed by atoms with E-state index in [1.165, 1.54) is 0 Å². The Bertz CT molecular complexity index is 327. The molecule has 4 heteroatoms. The molecule has 0 fully saturated rings. The van der Waals surface area contributed by atoms with Crippen molar-refractivity contribution in [3.63, 3.8) is 0 Å². The van der Waals surface area contributed by atoms with Crippen LogP contribution < -0.4 is 5.32 Å². The van der Waals surface area contributed by atoms with Gasteiger partial charge in [0.2, 0.25) is 5.91 Å². The molecule has 1 rings (SSSR count). The van der Waals surface area contributed by atoms with Crippen LogP contribution in [0.25, 0.3) is 0 Å². The smallest absolute Gasteiger partial charge is 0.236 e. The fourth-order valence-electron chi connectivity index (χ4n) is 1.45. The maximum atomic E-state index is 11.7. The van der Waals surface area contributed by atoms with Gasteiger partial charge in [-0.25, -0.2) is 0 Å². The lowest BCUT2D eigenvalue weighted by Gasteiger charge is -2.17. The van der Waals surface area contributed by atoms with Crippen LogP contribution in [0.5, 0.6) is 0 Å². The number of nitrogens with zero attached hydrogens (tertiary/aromatic N) is 1. The van der Waals surface area contributed by atoms with E-state index in [1.807, 2.05) is 37.4 Å². The first-order valence-electron chi connectivity index (χ1n) is 5.71. The molecule has 1 amide bonds. The maximum absolute atomic E-state index is 11.7. The van der Waals surface area contributed by atoms with Crippen LogP contribution in [0.1, 0.15) is 5.56 Å². The molecule has 1 aromatic carbocycles. The average molecular weight is 236 g/mol. The van der Waals surface area contributed by atoms with Crippen LogP contribution in [0, 0.1) is 0 Å². The molecule has 4 nitrogen and oxygen atoms in total. The van der Waals surface area contributed by atoms with Crippen molar-refractivity contribution in [1.29, 1.82) is 0 Å². The molecule has 0 spiro atoms. The molecule has 0 unspecified atom stereocenters. The Kier molecular flexibility index (Phi) is 6.29. The maximum Gasteiger partial charge on any atom is 0.236 e. The van der Waals surface area contributed by atoms with Crippen molar-refractivity contribution in [2.75, 3.05) is 33.9 Å². The van der Waals surface area contributed by atoms with Gasteiger partial charge in [-0.05, 0) is 5.56 Å². The number of carbonyl (C=O) groups excluding carboxylic acids is 1. The van der Waals surface area contributed by atoms with Gasteiger partial charge in [0.05, 0.1) is 13.2 Å². The van der Waals surface area contributed by atoms with Crippen LogP contribution in [0.15, 0.2) is 30.3 Å². The molecule has 94 valence electrons. The Hall–Kier alpha value is -1.39. The number of nitrogens with one attached hydrogen (secondary N) is 1. The minimum Gasteiger partial charge on any atom is -0.383 e. The van der Waals surface area contributed by atoms with Gasteiger partial charge in [0.1, 0.15) is 0 Å². The summed E-state index contributed by atoms with van der Waals surface area (Å²) in [4.78, 5) is 13.5. The van der Waals surface area contributed by atoms with Gasteiger partial charge in [0.25, 0.3) is 0 Å². The molecule has 0 aromatic heterocycles. The van der Waals surface area contributed by atoms with E-state index in [-0.39, 0.29) is 5.91 Å². The summed E-state index contributed by atoms with van der Waals surface area (Å²) in [5, 5.41) is 3.04. The molecule has 0 aliphatic heterocycles. The van der Waals surface area contributed by atoms with Crippen LogP contribution in [0.4, 0.5) is 0 Å². The van der Waals surface area contributed by atoms with Gasteiger partial charge < -0.3 is 15.0 Å². The average Bonchev–Trinajstić information content (AvgIpc) is 2.35. The summed E-state index contributed by atoms with van der Waals surface area (Å²) in [7, 11) is 3.46. The van der Waals surface area contributed by atoms with E-state index in [2.05, 4.69) is 5.32 Å². The Balaban J connectivity index is 2.27. The first-order valence-corrected chi connectivity index (χ1v) is 5.71. The highest BCUT2D eigenvalue weighted by Crippen LogP contribution is 2.02. The van der Waals surface area contributed by atoms with Crippen molar-refractivity contribution in [3.05, 3.63) is 35.9 Å². The SMILES string of the molecule is COCCNCC(=O)N(C)Cc1ccccc1. The van der Waals surface area contributed by atoms with E-state index in [0.717, 1.165) is 5.56 Å². The predicted molar refractivity (Wildman–Crippen MR) is 67.7 cm³/mol. The molecule has 0 radical (unpaired) electrons. The van der Waals surface area contributed by atoms with Crippen molar-refractivity contribution in [3.8, 4) is 0 Å². The van der Waals surface area contributed by atoms with Crippen LogP contribution in [-0.2, 0) is 16.1 Å². The Morgan fingerprint density at radius 3 is 2.71 bits per heavy atom. The zero-order valence-corrected chi connectivity index (χ0v) is 10.5. The number of hydrogen-bond acceptors (Lipinski definition) is 3. The van der Waals surface area contributed by atoms with E-state index >= 15 is 0 Å². The number of hydrogen-bond donors (Lipinski definition) is 1. The van der Waals surface area contributed by atoms with E-state index < -0.39 is 0 Å². The van der Waals surface area contributed by atoms with Crippen LogP contribution >= 0.6 is 0 Å². The van der Waals surface area contributed by atoms with Gasteiger partial charge in [-0.15, -0.1) is 0 Å². The molecule has 1 N–H and O–H groups in total. The lowest BCUT2D eigenvalue weighted by molar-refractivity contribution is -0.129. The largest absolute Gasteiger partial charge is 0.383 e. The van der Waals surface area contributed by atoms with E-state index in [9.17, 15) is 4.79 Å². The molecular weight excluding hydrogens is 216 g/mol. The second-order valence-electron chi connectivity index (χ2n) is 3.90. The normalized spacial score (nSPS) is 10.2. The second-order valence-corrected chi connectivity index (χ2v) is 3.90. The summed E-state index contributed by atoms with van der Waals surface area (Å²) in [6.07, 6.45) is 0. The van der Waals surface area contributed by atoms with Crippen molar-refractivity contribution in [1.82, 2.24) is 10.2 Å². The van der Waals surface area contributed by atoms with E-state index in [0.29, 0.717) is 26.2 Å². The van der Waals surface area contributed by atoms with Gasteiger partial charge >= 0.3 is 0 Å². The Morgan fingerprint density at radius 1 is 1.35 bits per heavy atom. The van der Waals surface area contributed by atoms with Gasteiger partial charge in [0, 0.05) is 27.2 Å². The number of benzene rings is 1. The molecule has 17 heavy (non-hydrogen) atoms. The van der Waals surface area contributed by atoms with Crippen LogP contribution in [0.3, 0.4) is 0 Å². The predicted octanol–water partition coefficient (Wildman–Crippen LogP) is 0.881. The van der Waals surface area contributed by atoms with Gasteiger partial charge in [-0.1, -0.05) is 30.3 Å². The summed E-state index contributed by atoms with van der Waals surface area (Å²) in [6.45, 7) is 2.31. The minimum absolute atomic E-state index is 0.0879. The van der Waals surface area contributed by atoms with Crippen LogP contribution in [0.2, 0.25) is 0 Å². The zero-order valence-electron chi connectivity index (χ0n) is 10.5. The van der Waals surface area contributed by atoms with Gasteiger partial charge in [-0.3, -0.25) is 4.79 Å². The summed E-state index contributed by atoms with van der Waals surface area (Å²) in [5.41, 5.74) is 1.14. The quantitative estimate of drug-likeness (QED) is 0.715. The standard InChI is InChI=1S/C13H20N2O2/c1-15(11-12-6-4-3-5-7-12)13(16)10-14-8-9-17-2/h3-7,14H,8-11H2,1-2H3. The van der Waals surface area contributed by atoms with Gasteiger partial charge in [0.15, 0.2) is 0 Å². The summed E-state index contributed by atoms with van der Waals surface area (Å²) >= 11 is 0. The molecule has 0 saturated heterocycles. The fraction of sp³-hybridized carbons (Fsp3) is 0.462. The first kappa shape index (κ1) is 13.7. The Labute approximate surface area is 103 Å². The zero-order chi connectivity index (χ0) is 12.5. The lowest BCUT2D eigenvalue weighted by atomic mass is 10.2. The highest BCUT2D eigenvalue weighted by atomic mass is 16.5. The molecule has 0 aliphatic rings. The minimum atomic E-state index is 0.0879. The van der Waals surface area contributed by atoms with Crippen LogP contribution in [-0.4, -0.2) is 44.7 Å². The lowest BCUT2D eigenvalue weighted by Crippen LogP contribution is -2.36. The van der Waals surface area contributed by atoms with Gasteiger partial charge in [-0.2, -0.15) is 0 Å².